The van der Waals surface area contributed by atoms with Crippen LogP contribution in [-0.4, -0.2) is 62.7 Å². The largest absolute Gasteiger partial charge is 0.480 e. The Bertz CT molecular complexity index is 337. The smallest absolute Gasteiger partial charge is 0.411 e. The minimum Gasteiger partial charge on any atom is -0.480 e. The van der Waals surface area contributed by atoms with Crippen molar-refractivity contribution in [1.29, 1.82) is 0 Å². The Hall–Kier alpha value is -1.34. The van der Waals surface area contributed by atoms with Crippen LogP contribution in [0.15, 0.2) is 0 Å². The quantitative estimate of drug-likeness (QED) is 0.603. The number of hydrogen-bond donors (Lipinski definition) is 3. The van der Waals surface area contributed by atoms with Crippen LogP contribution in [0.3, 0.4) is 0 Å². The fourth-order valence-electron chi connectivity index (χ4n) is 1.78. The normalized spacial score (nSPS) is 28.9. The van der Waals surface area contributed by atoms with Gasteiger partial charge in [-0.3, -0.25) is 4.90 Å². The van der Waals surface area contributed by atoms with Gasteiger partial charge in [0.25, 0.3) is 0 Å². The molecule has 1 rings (SSSR count). The lowest BCUT2D eigenvalue weighted by Gasteiger charge is -2.39. The first-order chi connectivity index (χ1) is 8.13. The van der Waals surface area contributed by atoms with Crippen molar-refractivity contribution < 1.29 is 29.6 Å². The van der Waals surface area contributed by atoms with Crippen LogP contribution in [0.2, 0.25) is 0 Å². The van der Waals surface area contributed by atoms with Crippen LogP contribution in [0.4, 0.5) is 4.79 Å². The van der Waals surface area contributed by atoms with Crippen LogP contribution in [-0.2, 0) is 9.53 Å². The second kappa shape index (κ2) is 5.11. The van der Waals surface area contributed by atoms with E-state index in [-0.39, 0.29) is 13.0 Å². The van der Waals surface area contributed by atoms with E-state index in [9.17, 15) is 19.8 Å². The van der Waals surface area contributed by atoms with E-state index in [4.69, 9.17) is 9.84 Å². The lowest BCUT2D eigenvalue weighted by molar-refractivity contribution is -0.156. The Morgan fingerprint density at radius 1 is 1.28 bits per heavy atom. The SMILES string of the molecule is CC(C)(C)OC(=O)N1CC[C@@H](O)[C@@H](O)C1C(=O)O. The highest BCUT2D eigenvalue weighted by molar-refractivity contribution is 5.81. The summed E-state index contributed by atoms with van der Waals surface area (Å²) in [4.78, 5) is 23.8. The molecule has 0 spiro atoms. The van der Waals surface area contributed by atoms with Gasteiger partial charge in [-0.2, -0.15) is 0 Å². The highest BCUT2D eigenvalue weighted by Gasteiger charge is 2.44. The lowest BCUT2D eigenvalue weighted by atomic mass is 9.96. The van der Waals surface area contributed by atoms with Crippen molar-refractivity contribution in [1.82, 2.24) is 4.90 Å². The molecule has 0 radical (unpaired) electrons. The Labute approximate surface area is 105 Å². The molecule has 3 atom stereocenters. The number of hydrogen-bond acceptors (Lipinski definition) is 5. The molecule has 1 aliphatic rings. The number of carbonyl (C=O) groups excluding carboxylic acids is 1. The molecule has 1 amide bonds. The van der Waals surface area contributed by atoms with E-state index in [1.165, 1.54) is 0 Å². The van der Waals surface area contributed by atoms with Gasteiger partial charge in [-0.15, -0.1) is 0 Å². The van der Waals surface area contributed by atoms with Crippen molar-refractivity contribution >= 4 is 12.1 Å². The average molecular weight is 261 g/mol. The number of likely N-dealkylation sites (tertiary alicyclic amines) is 1. The van der Waals surface area contributed by atoms with E-state index in [2.05, 4.69) is 0 Å². The fraction of sp³-hybridized carbons (Fsp3) is 0.818. The first-order valence-electron chi connectivity index (χ1n) is 5.72. The average Bonchev–Trinajstić information content (AvgIpc) is 2.18. The number of carboxylic acid groups (broad SMARTS) is 1. The number of aliphatic hydroxyl groups excluding tert-OH is 2. The number of nitrogens with zero attached hydrogens (tertiary/aromatic N) is 1. The molecule has 1 heterocycles. The van der Waals surface area contributed by atoms with Crippen molar-refractivity contribution in [2.24, 2.45) is 0 Å². The van der Waals surface area contributed by atoms with Crippen LogP contribution >= 0.6 is 0 Å². The van der Waals surface area contributed by atoms with Gasteiger partial charge >= 0.3 is 12.1 Å². The number of aliphatic hydroxyl groups is 2. The monoisotopic (exact) mass is 261 g/mol. The molecule has 0 aliphatic carbocycles. The molecule has 0 aromatic rings. The number of carbonyl (C=O) groups is 2. The van der Waals surface area contributed by atoms with Gasteiger partial charge in [0.05, 0.1) is 6.10 Å². The maximum absolute atomic E-state index is 11.8. The van der Waals surface area contributed by atoms with Crippen LogP contribution in [0.25, 0.3) is 0 Å². The van der Waals surface area contributed by atoms with Gasteiger partial charge < -0.3 is 20.1 Å². The lowest BCUT2D eigenvalue weighted by Crippen LogP contribution is -2.60. The zero-order valence-electron chi connectivity index (χ0n) is 10.7. The standard InChI is InChI=1S/C11H19NO6/c1-11(2,3)18-10(17)12-5-4-6(13)8(14)7(12)9(15)16/h6-8,13-14H,4-5H2,1-3H3,(H,15,16)/t6-,7?,8-/m1/s1. The van der Waals surface area contributed by atoms with E-state index in [1.54, 1.807) is 20.8 Å². The van der Waals surface area contributed by atoms with Crippen LogP contribution in [0, 0.1) is 0 Å². The molecular formula is C11H19NO6. The van der Waals surface area contributed by atoms with E-state index in [1.807, 2.05) is 0 Å². The number of rotatable bonds is 1. The van der Waals surface area contributed by atoms with Gasteiger partial charge in [-0.25, -0.2) is 9.59 Å². The molecule has 7 heteroatoms. The van der Waals surface area contributed by atoms with E-state index in [0.717, 1.165) is 4.90 Å². The Balaban J connectivity index is 2.85. The van der Waals surface area contributed by atoms with Crippen LogP contribution in [0.1, 0.15) is 27.2 Å². The minimum atomic E-state index is -1.51. The third-order valence-corrected chi connectivity index (χ3v) is 2.60. The summed E-state index contributed by atoms with van der Waals surface area (Å²) in [5.74, 6) is -1.37. The molecule has 1 aliphatic heterocycles. The molecule has 18 heavy (non-hydrogen) atoms. The Kier molecular flexibility index (Phi) is 4.18. The molecule has 1 fully saturated rings. The van der Waals surface area contributed by atoms with Crippen LogP contribution < -0.4 is 0 Å². The Morgan fingerprint density at radius 3 is 2.28 bits per heavy atom. The summed E-state index contributed by atoms with van der Waals surface area (Å²) in [6.07, 6.45) is -3.35. The Morgan fingerprint density at radius 2 is 1.83 bits per heavy atom. The van der Waals surface area contributed by atoms with Gasteiger partial charge in [0.15, 0.2) is 6.04 Å². The summed E-state index contributed by atoms with van der Waals surface area (Å²) >= 11 is 0. The van der Waals surface area contributed by atoms with E-state index < -0.39 is 35.9 Å². The molecule has 1 saturated heterocycles. The van der Waals surface area contributed by atoms with Crippen LogP contribution in [0.5, 0.6) is 0 Å². The summed E-state index contributed by atoms with van der Waals surface area (Å²) in [5.41, 5.74) is -0.749. The molecule has 0 saturated carbocycles. The number of aliphatic carboxylic acids is 1. The van der Waals surface area contributed by atoms with Crippen molar-refractivity contribution in [2.45, 2.75) is 51.0 Å². The third-order valence-electron chi connectivity index (χ3n) is 2.60. The molecule has 0 aromatic carbocycles. The summed E-state index contributed by atoms with van der Waals surface area (Å²) in [6, 6.07) is -1.48. The first-order valence-corrected chi connectivity index (χ1v) is 5.72. The first kappa shape index (κ1) is 14.7. The molecular weight excluding hydrogens is 242 g/mol. The fourth-order valence-corrected chi connectivity index (χ4v) is 1.78. The molecule has 0 bridgehead atoms. The predicted molar refractivity (Wildman–Crippen MR) is 61.0 cm³/mol. The summed E-state index contributed by atoms with van der Waals surface area (Å²) in [5, 5.41) is 28.1. The molecule has 104 valence electrons. The molecule has 3 N–H and O–H groups in total. The van der Waals surface area contributed by atoms with Gasteiger partial charge in [0.1, 0.15) is 11.7 Å². The van der Waals surface area contributed by atoms with E-state index in [0.29, 0.717) is 0 Å². The summed E-state index contributed by atoms with van der Waals surface area (Å²) < 4.78 is 5.07. The van der Waals surface area contributed by atoms with Crippen molar-refractivity contribution in [2.75, 3.05) is 6.54 Å². The number of carboxylic acids is 1. The second-order valence-corrected chi connectivity index (χ2v) is 5.30. The number of ether oxygens (including phenoxy) is 1. The molecule has 0 aromatic heterocycles. The van der Waals surface area contributed by atoms with Gasteiger partial charge in [-0.1, -0.05) is 0 Å². The summed E-state index contributed by atoms with van der Waals surface area (Å²) in [7, 11) is 0. The maximum Gasteiger partial charge on any atom is 0.411 e. The zero-order valence-corrected chi connectivity index (χ0v) is 10.7. The number of piperidine rings is 1. The zero-order chi connectivity index (χ0) is 14.1. The van der Waals surface area contributed by atoms with Crippen molar-refractivity contribution in [3.8, 4) is 0 Å². The molecule has 7 nitrogen and oxygen atoms in total. The van der Waals surface area contributed by atoms with Crippen molar-refractivity contribution in [3.05, 3.63) is 0 Å². The maximum atomic E-state index is 11.8. The van der Waals surface area contributed by atoms with Crippen molar-refractivity contribution in [3.63, 3.8) is 0 Å². The predicted octanol–water partition coefficient (Wildman–Crippen LogP) is -0.198. The van der Waals surface area contributed by atoms with Gasteiger partial charge in [0, 0.05) is 6.54 Å². The number of amides is 1. The second-order valence-electron chi connectivity index (χ2n) is 5.30. The molecule has 1 unspecified atom stereocenters. The van der Waals surface area contributed by atoms with E-state index >= 15 is 0 Å². The highest BCUT2D eigenvalue weighted by atomic mass is 16.6. The summed E-state index contributed by atoms with van der Waals surface area (Å²) in [6.45, 7) is 5.02. The van der Waals surface area contributed by atoms with Gasteiger partial charge in [0.2, 0.25) is 0 Å². The minimum absolute atomic E-state index is 0.0319. The van der Waals surface area contributed by atoms with Gasteiger partial charge in [-0.05, 0) is 27.2 Å². The third kappa shape index (κ3) is 3.33. The highest BCUT2D eigenvalue weighted by Crippen LogP contribution is 2.21. The topological polar surface area (TPSA) is 107 Å².